The van der Waals surface area contributed by atoms with E-state index in [2.05, 4.69) is 44.5 Å². The molecule has 0 bridgehead atoms. The second kappa shape index (κ2) is 24.5. The third-order valence-electron chi connectivity index (χ3n) is 9.15. The first-order valence-electron chi connectivity index (χ1n) is 18.1. The number of carboxylic acid groups (broad SMARTS) is 4. The quantitative estimate of drug-likeness (QED) is 0.0501. The van der Waals surface area contributed by atoms with Gasteiger partial charge < -0.3 is 52.3 Å². The van der Waals surface area contributed by atoms with Gasteiger partial charge in [-0.25, -0.2) is 4.79 Å². The van der Waals surface area contributed by atoms with Gasteiger partial charge in [-0.3, -0.25) is 43.2 Å². The van der Waals surface area contributed by atoms with Crippen molar-refractivity contribution in [3.8, 4) is 0 Å². The summed E-state index contributed by atoms with van der Waals surface area (Å²) in [7, 11) is 0. The van der Waals surface area contributed by atoms with Crippen molar-refractivity contribution in [1.29, 1.82) is 0 Å². The summed E-state index contributed by atoms with van der Waals surface area (Å²) in [5.74, 6) is -12.0. The van der Waals surface area contributed by atoms with E-state index in [1.165, 1.54) is 0 Å². The van der Waals surface area contributed by atoms with Gasteiger partial charge in [-0.05, 0) is 31.1 Å². The summed E-state index contributed by atoms with van der Waals surface area (Å²) in [6.45, 7) is 4.26. The van der Waals surface area contributed by atoms with Crippen LogP contribution < -0.4 is 31.9 Å². The van der Waals surface area contributed by atoms with Crippen LogP contribution in [-0.4, -0.2) is 122 Å². The van der Waals surface area contributed by atoms with Crippen molar-refractivity contribution in [3.05, 3.63) is 0 Å². The minimum Gasteiger partial charge on any atom is -0.481 e. The Kier molecular flexibility index (Phi) is 21.4. The smallest absolute Gasteiger partial charge is 0.327 e. The minimum atomic E-state index is -1.63. The summed E-state index contributed by atoms with van der Waals surface area (Å²) < 4.78 is 0. The molecule has 1 fully saturated rings. The molecule has 21 heteroatoms. The fourth-order valence-corrected chi connectivity index (χ4v) is 6.16. The van der Waals surface area contributed by atoms with Crippen molar-refractivity contribution in [2.75, 3.05) is 5.75 Å². The lowest BCUT2D eigenvalue weighted by molar-refractivity contribution is -0.142. The van der Waals surface area contributed by atoms with E-state index in [1.807, 2.05) is 0 Å². The molecule has 10 N–H and O–H groups in total. The summed E-state index contributed by atoms with van der Waals surface area (Å²) in [5, 5.41) is 51.4. The van der Waals surface area contributed by atoms with E-state index in [4.69, 9.17) is 0 Å². The fourth-order valence-electron chi connectivity index (χ4n) is 5.91. The number of carboxylic acids is 4. The summed E-state index contributed by atoms with van der Waals surface area (Å²) in [6, 6.07) is -8.90. The zero-order valence-corrected chi connectivity index (χ0v) is 32.0. The van der Waals surface area contributed by atoms with Crippen LogP contribution >= 0.6 is 12.6 Å². The van der Waals surface area contributed by atoms with Crippen LogP contribution in [0.25, 0.3) is 0 Å². The van der Waals surface area contributed by atoms with Gasteiger partial charge in [0.1, 0.15) is 36.3 Å². The molecule has 0 spiro atoms. The predicted octanol–water partition coefficient (Wildman–Crippen LogP) is -0.850. The first kappa shape index (κ1) is 48.1. The Hall–Kier alpha value is -4.95. The molecule has 20 nitrogen and oxygen atoms in total. The molecule has 0 aromatic rings. The Labute approximate surface area is 323 Å². The maximum atomic E-state index is 13.8. The van der Waals surface area contributed by atoms with Gasteiger partial charge in [0.15, 0.2) is 0 Å². The molecule has 0 unspecified atom stereocenters. The van der Waals surface area contributed by atoms with Crippen molar-refractivity contribution in [2.24, 2.45) is 11.8 Å². The first-order chi connectivity index (χ1) is 25.8. The zero-order chi connectivity index (χ0) is 41.8. The lowest BCUT2D eigenvalue weighted by Gasteiger charge is -2.30. The van der Waals surface area contributed by atoms with Crippen LogP contribution in [0.5, 0.6) is 0 Å². The number of hydrogen-bond donors (Lipinski definition) is 11. The maximum absolute atomic E-state index is 13.8. The molecule has 1 rings (SSSR count). The van der Waals surface area contributed by atoms with E-state index in [0.717, 1.165) is 39.0 Å². The molecule has 0 radical (unpaired) electrons. The summed E-state index contributed by atoms with van der Waals surface area (Å²) in [4.78, 5) is 125. The Morgan fingerprint density at radius 3 is 1.51 bits per heavy atom. The predicted molar refractivity (Wildman–Crippen MR) is 195 cm³/mol. The van der Waals surface area contributed by atoms with E-state index in [9.17, 15) is 68.4 Å². The van der Waals surface area contributed by atoms with Gasteiger partial charge in [-0.1, -0.05) is 52.4 Å². The molecule has 0 heterocycles. The molecule has 55 heavy (non-hydrogen) atoms. The van der Waals surface area contributed by atoms with Crippen molar-refractivity contribution in [1.82, 2.24) is 31.9 Å². The number of carbonyl (C=O) groups is 10. The van der Waals surface area contributed by atoms with E-state index < -0.39 is 134 Å². The lowest BCUT2D eigenvalue weighted by Crippen LogP contribution is -2.61. The molecule has 0 aromatic carbocycles. The largest absolute Gasteiger partial charge is 0.481 e. The van der Waals surface area contributed by atoms with Crippen LogP contribution in [0.1, 0.15) is 97.8 Å². The van der Waals surface area contributed by atoms with Gasteiger partial charge >= 0.3 is 23.9 Å². The number of hydrogen-bond acceptors (Lipinski definition) is 11. The number of aliphatic carboxylic acids is 4. The van der Waals surface area contributed by atoms with Crippen LogP contribution in [0.3, 0.4) is 0 Å². The highest BCUT2D eigenvalue weighted by atomic mass is 32.1. The molecule has 1 aliphatic carbocycles. The molecule has 310 valence electrons. The number of amides is 6. The Morgan fingerprint density at radius 2 is 1.05 bits per heavy atom. The number of carbonyl (C=O) groups excluding carboxylic acids is 6. The average molecular weight is 803 g/mol. The maximum Gasteiger partial charge on any atom is 0.327 e. The number of thiol groups is 1. The third-order valence-corrected chi connectivity index (χ3v) is 9.51. The van der Waals surface area contributed by atoms with E-state index in [0.29, 0.717) is 0 Å². The van der Waals surface area contributed by atoms with Crippen LogP contribution in [0.2, 0.25) is 0 Å². The molecule has 1 aliphatic rings. The van der Waals surface area contributed by atoms with Crippen LogP contribution in [-0.2, 0) is 47.9 Å². The van der Waals surface area contributed by atoms with Gasteiger partial charge in [-0.2, -0.15) is 12.6 Å². The van der Waals surface area contributed by atoms with Crippen molar-refractivity contribution < 1.29 is 68.4 Å². The fraction of sp³-hybridized carbons (Fsp3) is 0.706. The molecule has 6 amide bonds. The van der Waals surface area contributed by atoms with Crippen LogP contribution in [0.15, 0.2) is 0 Å². The highest BCUT2D eigenvalue weighted by molar-refractivity contribution is 7.80. The molecule has 1 saturated carbocycles. The molecule has 0 aliphatic heterocycles. The second-order valence-electron chi connectivity index (χ2n) is 13.6. The normalized spacial score (nSPS) is 16.7. The topological polar surface area (TPSA) is 324 Å². The lowest BCUT2D eigenvalue weighted by atomic mass is 9.84. The Balaban J connectivity index is 3.38. The second-order valence-corrected chi connectivity index (χ2v) is 14.0. The van der Waals surface area contributed by atoms with Crippen molar-refractivity contribution in [3.63, 3.8) is 0 Å². The van der Waals surface area contributed by atoms with Gasteiger partial charge in [0.25, 0.3) is 0 Å². The average Bonchev–Trinajstić information content (AvgIpc) is 3.11. The molecular formula is C34H54N6O14S. The summed E-state index contributed by atoms with van der Waals surface area (Å²) >= 11 is 3.97. The Morgan fingerprint density at radius 1 is 0.600 bits per heavy atom. The van der Waals surface area contributed by atoms with Crippen LogP contribution in [0, 0.1) is 11.8 Å². The summed E-state index contributed by atoms with van der Waals surface area (Å²) in [5.41, 5.74) is 0. The first-order valence-corrected chi connectivity index (χ1v) is 18.7. The van der Waals surface area contributed by atoms with Crippen LogP contribution in [0.4, 0.5) is 0 Å². The SMILES string of the molecule is CC[C@H](C)[C@H](NC(=O)[C@H](CCC(=O)O)NC(=O)[C@H](CC(=O)O)NC(C)=O)C(=O)N[C@@H](CCC(=O)O)C(=O)N[C@@H](CC1CCCCC1)C(=O)N[C@@H](CS)C(=O)O. The van der Waals surface area contributed by atoms with E-state index >= 15 is 0 Å². The van der Waals surface area contributed by atoms with Gasteiger partial charge in [-0.15, -0.1) is 0 Å². The van der Waals surface area contributed by atoms with E-state index in [1.54, 1.807) is 13.8 Å². The van der Waals surface area contributed by atoms with Crippen molar-refractivity contribution >= 4 is 71.9 Å². The van der Waals surface area contributed by atoms with Gasteiger partial charge in [0, 0.05) is 25.5 Å². The molecular weight excluding hydrogens is 748 g/mol. The Bertz CT molecular complexity index is 1390. The highest BCUT2D eigenvalue weighted by Crippen LogP contribution is 2.27. The van der Waals surface area contributed by atoms with Crippen molar-refractivity contribution in [2.45, 2.75) is 134 Å². The standard InChI is InChI=1S/C34H54N6O14S/c1-4-17(2)28(40-30(49)21(11-13-26(44)45)36-32(51)23(15-27(46)47)35-18(3)41)33(52)37-20(10-12-25(42)43)29(48)38-22(14-19-8-6-5-7-9-19)31(50)39-24(16-55)34(53)54/h17,19-24,28,55H,4-16H2,1-3H3,(H,35,41)(H,36,51)(H,37,52)(H,38,48)(H,39,50)(H,40,49)(H,42,43)(H,44,45)(H,46,47)(H,53,54)/t17-,20-,21-,22-,23-,24-,28-/m0/s1. The molecule has 0 aromatic heterocycles. The summed E-state index contributed by atoms with van der Waals surface area (Å²) in [6.07, 6.45) is 1.61. The minimum absolute atomic E-state index is 0.00773. The van der Waals surface area contributed by atoms with E-state index in [-0.39, 0.29) is 24.5 Å². The number of rotatable bonds is 25. The molecule has 7 atom stereocenters. The number of nitrogens with one attached hydrogen (secondary N) is 6. The van der Waals surface area contributed by atoms with Gasteiger partial charge in [0.2, 0.25) is 35.4 Å². The molecule has 0 saturated heterocycles. The third kappa shape index (κ3) is 18.3. The zero-order valence-electron chi connectivity index (χ0n) is 31.1. The highest BCUT2D eigenvalue weighted by Gasteiger charge is 2.36. The monoisotopic (exact) mass is 802 g/mol. The van der Waals surface area contributed by atoms with Gasteiger partial charge in [0.05, 0.1) is 6.42 Å².